The number of aliphatic hydroxyl groups is 5. The van der Waals surface area contributed by atoms with Crippen LogP contribution in [0.3, 0.4) is 0 Å². The summed E-state index contributed by atoms with van der Waals surface area (Å²) < 4.78 is 5.50. The zero-order chi connectivity index (χ0) is 25.5. The van der Waals surface area contributed by atoms with Crippen molar-refractivity contribution in [1.82, 2.24) is 0 Å². The van der Waals surface area contributed by atoms with Crippen LogP contribution in [0.25, 0.3) is 0 Å². The van der Waals surface area contributed by atoms with Crippen LogP contribution in [0.5, 0.6) is 0 Å². The van der Waals surface area contributed by atoms with E-state index in [1.807, 2.05) is 26.0 Å². The van der Waals surface area contributed by atoms with Gasteiger partial charge in [0, 0.05) is 25.6 Å². The molecule has 8 unspecified atom stereocenters. The number of aliphatic hydroxyl groups excluding tert-OH is 5. The molecule has 8 atom stereocenters. The molecule has 0 bridgehead atoms. The highest BCUT2D eigenvalue weighted by molar-refractivity contribution is 5.04. The van der Waals surface area contributed by atoms with E-state index in [9.17, 15) is 25.5 Å². The van der Waals surface area contributed by atoms with Gasteiger partial charge in [-0.05, 0) is 82.5 Å². The van der Waals surface area contributed by atoms with Crippen LogP contribution < -0.4 is 0 Å². The molecular weight excluding hydrogens is 432 g/mol. The Morgan fingerprint density at radius 2 is 1.18 bits per heavy atom. The van der Waals surface area contributed by atoms with Crippen molar-refractivity contribution in [2.75, 3.05) is 13.7 Å². The van der Waals surface area contributed by atoms with Gasteiger partial charge in [-0.1, -0.05) is 38.8 Å². The van der Waals surface area contributed by atoms with Gasteiger partial charge >= 0.3 is 0 Å². The van der Waals surface area contributed by atoms with Gasteiger partial charge in [-0.25, -0.2) is 0 Å². The SMILES string of the molecule is COC(C)(C)CCCC1CC(O)CC(/C=C\C2CC(O)CC(CCCC(C)(C)CO)C2O)C1O. The van der Waals surface area contributed by atoms with E-state index in [-0.39, 0.29) is 41.3 Å². The standard InChI is InChI=1S/C28H52O6/c1-27(2,18-29)12-6-8-19-14-23(30)16-21(25(19)32)10-11-22-17-24(31)15-20(26(22)33)9-7-13-28(3,4)34-5/h10-11,19-26,29-33H,6-9,12-18H2,1-5H3/b11-10-. The van der Waals surface area contributed by atoms with Crippen LogP contribution >= 0.6 is 0 Å². The highest BCUT2D eigenvalue weighted by Gasteiger charge is 2.37. The Morgan fingerprint density at radius 3 is 1.59 bits per heavy atom. The molecule has 5 N–H and O–H groups in total. The first-order valence-corrected chi connectivity index (χ1v) is 13.4. The summed E-state index contributed by atoms with van der Waals surface area (Å²) in [6, 6.07) is 0. The molecule has 0 spiro atoms. The Bertz CT molecular complexity index is 566. The van der Waals surface area contributed by atoms with Crippen molar-refractivity contribution in [3.05, 3.63) is 12.2 Å². The van der Waals surface area contributed by atoms with Gasteiger partial charge in [0.2, 0.25) is 0 Å². The van der Waals surface area contributed by atoms with E-state index in [4.69, 9.17) is 4.74 Å². The molecule has 6 nitrogen and oxygen atoms in total. The first kappa shape index (κ1) is 29.7. The van der Waals surface area contributed by atoms with Gasteiger partial charge in [0.25, 0.3) is 0 Å². The summed E-state index contributed by atoms with van der Waals surface area (Å²) in [5, 5.41) is 52.4. The van der Waals surface area contributed by atoms with Crippen LogP contribution in [-0.4, -0.2) is 69.3 Å². The molecule has 2 aliphatic rings. The maximum Gasteiger partial charge on any atom is 0.0632 e. The third-order valence-corrected chi connectivity index (χ3v) is 8.45. The number of hydrogen-bond donors (Lipinski definition) is 5. The summed E-state index contributed by atoms with van der Waals surface area (Å²) in [5.74, 6) is -0.201. The van der Waals surface area contributed by atoms with Gasteiger partial charge in [0.1, 0.15) is 0 Å². The Balaban J connectivity index is 1.94. The Kier molecular flexibility index (Phi) is 11.5. The average molecular weight is 485 g/mol. The maximum atomic E-state index is 11.0. The van der Waals surface area contributed by atoms with E-state index in [2.05, 4.69) is 13.8 Å². The highest BCUT2D eigenvalue weighted by atomic mass is 16.5. The van der Waals surface area contributed by atoms with E-state index in [0.717, 1.165) is 38.5 Å². The van der Waals surface area contributed by atoms with Gasteiger partial charge in [0.15, 0.2) is 0 Å². The minimum absolute atomic E-state index is 0.0339. The van der Waals surface area contributed by atoms with Gasteiger partial charge in [-0.3, -0.25) is 0 Å². The predicted octanol–water partition coefficient (Wildman–Crippen LogP) is 3.82. The first-order valence-electron chi connectivity index (χ1n) is 13.4. The zero-order valence-electron chi connectivity index (χ0n) is 22.2. The fourth-order valence-electron chi connectivity index (χ4n) is 5.84. The summed E-state index contributed by atoms with van der Waals surface area (Å²) in [6.45, 7) is 8.36. The van der Waals surface area contributed by atoms with E-state index in [1.54, 1.807) is 7.11 Å². The van der Waals surface area contributed by atoms with Crippen molar-refractivity contribution in [3.63, 3.8) is 0 Å². The van der Waals surface area contributed by atoms with Crippen molar-refractivity contribution >= 4 is 0 Å². The lowest BCUT2D eigenvalue weighted by Crippen LogP contribution is -2.40. The third kappa shape index (κ3) is 9.18. The molecule has 34 heavy (non-hydrogen) atoms. The lowest BCUT2D eigenvalue weighted by Gasteiger charge is -2.38. The van der Waals surface area contributed by atoms with E-state index < -0.39 is 24.4 Å². The Hall–Kier alpha value is -0.500. The van der Waals surface area contributed by atoms with E-state index in [1.165, 1.54) is 0 Å². The summed E-state index contributed by atoms with van der Waals surface area (Å²) in [7, 11) is 1.72. The van der Waals surface area contributed by atoms with Gasteiger partial charge < -0.3 is 30.3 Å². The molecule has 0 radical (unpaired) electrons. The fraction of sp³-hybridized carbons (Fsp3) is 0.929. The van der Waals surface area contributed by atoms with E-state index >= 15 is 0 Å². The van der Waals surface area contributed by atoms with Crippen LogP contribution in [-0.2, 0) is 4.74 Å². The topological polar surface area (TPSA) is 110 Å². The molecule has 0 aliphatic heterocycles. The number of hydrogen-bond acceptors (Lipinski definition) is 6. The lowest BCUT2D eigenvalue weighted by molar-refractivity contribution is -0.0327. The Labute approximate surface area is 207 Å². The van der Waals surface area contributed by atoms with Crippen molar-refractivity contribution in [2.45, 2.75) is 122 Å². The number of methoxy groups -OCH3 is 1. The second kappa shape index (κ2) is 13.2. The quantitative estimate of drug-likeness (QED) is 0.269. The summed E-state index contributed by atoms with van der Waals surface area (Å²) in [6.07, 6.45) is 9.69. The van der Waals surface area contributed by atoms with Crippen molar-refractivity contribution in [2.24, 2.45) is 29.1 Å². The zero-order valence-corrected chi connectivity index (χ0v) is 22.2. The summed E-state index contributed by atoms with van der Waals surface area (Å²) >= 11 is 0. The molecule has 2 fully saturated rings. The summed E-state index contributed by atoms with van der Waals surface area (Å²) in [5.41, 5.74) is -0.300. The molecule has 2 saturated carbocycles. The van der Waals surface area contributed by atoms with Crippen molar-refractivity contribution in [1.29, 1.82) is 0 Å². The monoisotopic (exact) mass is 484 g/mol. The molecular formula is C28H52O6. The summed E-state index contributed by atoms with van der Waals surface area (Å²) in [4.78, 5) is 0. The van der Waals surface area contributed by atoms with Crippen molar-refractivity contribution < 1.29 is 30.3 Å². The van der Waals surface area contributed by atoms with Crippen LogP contribution in [0.4, 0.5) is 0 Å². The third-order valence-electron chi connectivity index (χ3n) is 8.45. The second-order valence-electron chi connectivity index (χ2n) is 12.5. The lowest BCUT2D eigenvalue weighted by atomic mass is 9.72. The smallest absolute Gasteiger partial charge is 0.0632 e. The second-order valence-corrected chi connectivity index (χ2v) is 12.5. The van der Waals surface area contributed by atoms with Gasteiger partial charge in [0.05, 0.1) is 30.0 Å². The molecule has 0 saturated heterocycles. The first-order chi connectivity index (χ1) is 15.9. The van der Waals surface area contributed by atoms with E-state index in [0.29, 0.717) is 25.7 Å². The number of ether oxygens (including phenoxy) is 1. The minimum atomic E-state index is -0.519. The predicted molar refractivity (Wildman–Crippen MR) is 135 cm³/mol. The molecule has 0 amide bonds. The van der Waals surface area contributed by atoms with Crippen LogP contribution in [0, 0.1) is 29.1 Å². The van der Waals surface area contributed by atoms with Crippen molar-refractivity contribution in [3.8, 4) is 0 Å². The largest absolute Gasteiger partial charge is 0.396 e. The fourth-order valence-corrected chi connectivity index (χ4v) is 5.84. The molecule has 0 aromatic heterocycles. The highest BCUT2D eigenvalue weighted by Crippen LogP contribution is 2.38. The molecule has 200 valence electrons. The normalized spacial score (nSPS) is 35.7. The molecule has 0 aromatic carbocycles. The van der Waals surface area contributed by atoms with Crippen LogP contribution in [0.2, 0.25) is 0 Å². The van der Waals surface area contributed by atoms with Crippen LogP contribution in [0.1, 0.15) is 91.9 Å². The minimum Gasteiger partial charge on any atom is -0.396 e. The van der Waals surface area contributed by atoms with Gasteiger partial charge in [-0.2, -0.15) is 0 Å². The Morgan fingerprint density at radius 1 is 0.735 bits per heavy atom. The molecule has 6 heteroatoms. The molecule has 0 heterocycles. The molecule has 0 aromatic rings. The van der Waals surface area contributed by atoms with Crippen LogP contribution in [0.15, 0.2) is 12.2 Å². The molecule has 2 rings (SSSR count). The maximum absolute atomic E-state index is 11.0. The average Bonchev–Trinajstić information content (AvgIpc) is 2.77. The van der Waals surface area contributed by atoms with Gasteiger partial charge in [-0.15, -0.1) is 0 Å². The molecule has 2 aliphatic carbocycles. The number of rotatable bonds is 12.